The summed E-state index contributed by atoms with van der Waals surface area (Å²) in [6.45, 7) is 6.14. The van der Waals surface area contributed by atoms with Crippen molar-refractivity contribution < 1.29 is 14.3 Å². The summed E-state index contributed by atoms with van der Waals surface area (Å²) in [4.78, 5) is 31.9. The molecule has 0 saturated heterocycles. The van der Waals surface area contributed by atoms with Gasteiger partial charge in [0.25, 0.3) is 5.56 Å². The van der Waals surface area contributed by atoms with E-state index in [2.05, 4.69) is 4.99 Å². The molecule has 0 saturated carbocycles. The second-order valence-corrected chi connectivity index (χ2v) is 10.6. The highest BCUT2D eigenvalue weighted by atomic mass is 35.5. The quantitative estimate of drug-likeness (QED) is 0.287. The Bertz CT molecular complexity index is 1740. The Balaban J connectivity index is 1.50. The molecule has 0 bridgehead atoms. The maximum atomic E-state index is 13.7. The van der Waals surface area contributed by atoms with E-state index in [4.69, 9.17) is 21.1 Å². The number of esters is 1. The van der Waals surface area contributed by atoms with Crippen LogP contribution >= 0.6 is 22.9 Å². The van der Waals surface area contributed by atoms with Gasteiger partial charge in [-0.15, -0.1) is 0 Å². The third-order valence-electron chi connectivity index (χ3n) is 6.44. The van der Waals surface area contributed by atoms with Crippen LogP contribution in [0.1, 0.15) is 42.1 Å². The van der Waals surface area contributed by atoms with Crippen LogP contribution in [0.3, 0.4) is 0 Å². The smallest absolute Gasteiger partial charge is 0.338 e. The van der Waals surface area contributed by atoms with Crippen molar-refractivity contribution in [1.29, 1.82) is 0 Å². The fraction of sp³-hybridized carbons (Fsp3) is 0.194. The second kappa shape index (κ2) is 11.4. The topological polar surface area (TPSA) is 69.9 Å². The molecule has 0 N–H and O–H groups in total. The molecule has 4 aromatic rings. The van der Waals surface area contributed by atoms with Gasteiger partial charge >= 0.3 is 5.97 Å². The van der Waals surface area contributed by atoms with E-state index < -0.39 is 12.0 Å². The normalized spacial score (nSPS) is 15.1. The van der Waals surface area contributed by atoms with Crippen molar-refractivity contribution in [2.24, 2.45) is 4.99 Å². The van der Waals surface area contributed by atoms with E-state index in [0.29, 0.717) is 38.0 Å². The molecule has 6 nitrogen and oxygen atoms in total. The molecule has 1 atom stereocenters. The number of benzene rings is 3. The third kappa shape index (κ3) is 5.60. The first-order valence-electron chi connectivity index (χ1n) is 12.6. The van der Waals surface area contributed by atoms with Crippen molar-refractivity contribution in [3.05, 3.63) is 131 Å². The summed E-state index contributed by atoms with van der Waals surface area (Å²) in [6, 6.07) is 22.3. The zero-order valence-electron chi connectivity index (χ0n) is 21.8. The van der Waals surface area contributed by atoms with E-state index in [1.807, 2.05) is 85.8 Å². The van der Waals surface area contributed by atoms with E-state index in [0.717, 1.165) is 22.3 Å². The first-order valence-corrected chi connectivity index (χ1v) is 13.8. The first-order chi connectivity index (χ1) is 18.9. The predicted molar refractivity (Wildman–Crippen MR) is 154 cm³/mol. The molecule has 198 valence electrons. The van der Waals surface area contributed by atoms with E-state index in [1.165, 1.54) is 11.3 Å². The lowest BCUT2D eigenvalue weighted by Crippen LogP contribution is -2.39. The molecule has 3 aromatic carbocycles. The lowest BCUT2D eigenvalue weighted by Gasteiger charge is -2.24. The van der Waals surface area contributed by atoms with Gasteiger partial charge in [-0.05, 0) is 56.2 Å². The molecule has 0 aliphatic carbocycles. The highest BCUT2D eigenvalue weighted by Crippen LogP contribution is 2.31. The molecule has 2 heterocycles. The molecule has 39 heavy (non-hydrogen) atoms. The fourth-order valence-corrected chi connectivity index (χ4v) is 5.68. The zero-order valence-corrected chi connectivity index (χ0v) is 23.4. The highest BCUT2D eigenvalue weighted by Gasteiger charge is 2.33. The number of allylic oxidation sites excluding steroid dienone is 1. The van der Waals surface area contributed by atoms with Crippen molar-refractivity contribution in [2.75, 3.05) is 6.61 Å². The molecule has 1 aliphatic rings. The Labute approximate surface area is 235 Å². The van der Waals surface area contributed by atoms with E-state index in [1.54, 1.807) is 18.4 Å². The number of thiazole rings is 1. The summed E-state index contributed by atoms with van der Waals surface area (Å²) in [7, 11) is 0. The molecule has 0 amide bonds. The Morgan fingerprint density at radius 3 is 2.46 bits per heavy atom. The van der Waals surface area contributed by atoms with Gasteiger partial charge in [-0.3, -0.25) is 9.36 Å². The summed E-state index contributed by atoms with van der Waals surface area (Å²) < 4.78 is 13.4. The van der Waals surface area contributed by atoms with E-state index in [9.17, 15) is 9.59 Å². The minimum atomic E-state index is -0.622. The maximum Gasteiger partial charge on any atom is 0.338 e. The summed E-state index contributed by atoms with van der Waals surface area (Å²) in [5.74, 6) is 0.230. The molecule has 1 aromatic heterocycles. The molecule has 8 heteroatoms. The molecule has 0 unspecified atom stereocenters. The molecule has 1 aliphatic heterocycles. The summed E-state index contributed by atoms with van der Waals surface area (Å²) >= 11 is 7.52. The van der Waals surface area contributed by atoms with Crippen LogP contribution < -0.4 is 19.6 Å². The maximum absolute atomic E-state index is 13.7. The number of carbonyl (C=O) groups is 1. The van der Waals surface area contributed by atoms with Gasteiger partial charge in [0.05, 0.1) is 28.5 Å². The monoisotopic (exact) mass is 558 g/mol. The van der Waals surface area contributed by atoms with Crippen molar-refractivity contribution in [1.82, 2.24) is 4.57 Å². The Kier molecular flexibility index (Phi) is 7.82. The zero-order chi connectivity index (χ0) is 27.5. The van der Waals surface area contributed by atoms with Crippen molar-refractivity contribution in [3.8, 4) is 5.75 Å². The number of nitrogens with zero attached hydrogens (tertiary/aromatic N) is 2. The number of ether oxygens (including phenoxy) is 2. The average Bonchev–Trinajstić information content (AvgIpc) is 3.23. The number of aryl methyl sites for hydroxylation is 1. The van der Waals surface area contributed by atoms with Gasteiger partial charge in [-0.25, -0.2) is 9.79 Å². The van der Waals surface area contributed by atoms with Crippen LogP contribution in [-0.2, 0) is 16.1 Å². The third-order valence-corrected chi connectivity index (χ3v) is 7.79. The largest absolute Gasteiger partial charge is 0.489 e. The lowest BCUT2D eigenvalue weighted by molar-refractivity contribution is -0.139. The molecule has 0 spiro atoms. The number of rotatable bonds is 7. The van der Waals surface area contributed by atoms with E-state index >= 15 is 0 Å². The predicted octanol–water partition coefficient (Wildman–Crippen LogP) is 5.34. The summed E-state index contributed by atoms with van der Waals surface area (Å²) in [5, 5.41) is 0.662. The lowest BCUT2D eigenvalue weighted by atomic mass is 9.95. The summed E-state index contributed by atoms with van der Waals surface area (Å²) in [6.07, 6.45) is 1.83. The Morgan fingerprint density at radius 2 is 1.77 bits per heavy atom. The van der Waals surface area contributed by atoms with Gasteiger partial charge in [0, 0.05) is 10.6 Å². The SMILES string of the molecule is CCOC(=O)C1=C(C)N=c2s/c(=C\c3ccc(OCc4ccccc4Cl)cc3)c(=O)n2[C@@H]1c1ccc(C)cc1. The van der Waals surface area contributed by atoms with Crippen LogP contribution in [0.5, 0.6) is 5.75 Å². The minimum absolute atomic E-state index is 0.210. The van der Waals surface area contributed by atoms with Crippen LogP contribution in [0.25, 0.3) is 6.08 Å². The summed E-state index contributed by atoms with van der Waals surface area (Å²) in [5.41, 5.74) is 4.38. The number of fused-ring (bicyclic) bond motifs is 1. The van der Waals surface area contributed by atoms with Crippen molar-refractivity contribution >= 4 is 35.0 Å². The van der Waals surface area contributed by atoms with Crippen LogP contribution in [0.2, 0.25) is 5.02 Å². The van der Waals surface area contributed by atoms with Crippen LogP contribution in [0.15, 0.2) is 93.9 Å². The van der Waals surface area contributed by atoms with Gasteiger partial charge in [-0.1, -0.05) is 83.1 Å². The van der Waals surface area contributed by atoms with E-state index in [-0.39, 0.29) is 12.2 Å². The van der Waals surface area contributed by atoms with Gasteiger partial charge < -0.3 is 9.47 Å². The fourth-order valence-electron chi connectivity index (χ4n) is 4.44. The average molecular weight is 559 g/mol. The van der Waals surface area contributed by atoms with Crippen molar-refractivity contribution in [2.45, 2.75) is 33.4 Å². The van der Waals surface area contributed by atoms with Gasteiger partial charge in [0.1, 0.15) is 12.4 Å². The highest BCUT2D eigenvalue weighted by molar-refractivity contribution is 7.07. The Hall–Kier alpha value is -3.94. The van der Waals surface area contributed by atoms with Crippen LogP contribution in [0.4, 0.5) is 0 Å². The molecule has 0 radical (unpaired) electrons. The number of carbonyl (C=O) groups excluding carboxylic acids is 1. The van der Waals surface area contributed by atoms with Gasteiger partial charge in [0.15, 0.2) is 4.80 Å². The standard InChI is InChI=1S/C31H27ClN2O4S/c1-4-37-30(36)27-20(3)33-31-34(28(27)22-13-9-19(2)10-14-22)29(35)26(39-31)17-21-11-15-24(16-12-21)38-18-23-7-5-6-8-25(23)32/h5-17,28H,4,18H2,1-3H3/b26-17-/t28-/m1/s1. The molecule has 5 rings (SSSR count). The number of aromatic nitrogens is 1. The number of hydrogen-bond donors (Lipinski definition) is 0. The van der Waals surface area contributed by atoms with Crippen LogP contribution in [0, 0.1) is 6.92 Å². The van der Waals surface area contributed by atoms with Gasteiger partial charge in [0.2, 0.25) is 0 Å². The van der Waals surface area contributed by atoms with Gasteiger partial charge in [-0.2, -0.15) is 0 Å². The second-order valence-electron chi connectivity index (χ2n) is 9.16. The number of halogens is 1. The molecule has 0 fully saturated rings. The Morgan fingerprint density at radius 1 is 1.05 bits per heavy atom. The first kappa shape index (κ1) is 26.7. The van der Waals surface area contributed by atoms with Crippen molar-refractivity contribution in [3.63, 3.8) is 0 Å². The molecular weight excluding hydrogens is 532 g/mol. The van der Waals surface area contributed by atoms with Crippen LogP contribution in [-0.4, -0.2) is 17.1 Å². The number of hydrogen-bond acceptors (Lipinski definition) is 6. The molecular formula is C31H27ClN2O4S. The minimum Gasteiger partial charge on any atom is -0.489 e.